The van der Waals surface area contributed by atoms with Gasteiger partial charge in [0.15, 0.2) is 0 Å². The molecular formula is C21H20B2ClFN2O. The van der Waals surface area contributed by atoms with Crippen LogP contribution in [-0.4, -0.2) is 52.7 Å². The topological polar surface area (TPSA) is 23.6 Å². The number of aryl methyl sites for hydroxylation is 1. The number of carbonyl (C=O) groups is 1. The van der Waals surface area contributed by atoms with Crippen molar-refractivity contribution in [3.05, 3.63) is 64.4 Å². The maximum Gasteiger partial charge on any atom is 0.220 e. The van der Waals surface area contributed by atoms with Crippen molar-refractivity contribution in [2.45, 2.75) is 24.0 Å². The molecule has 1 amide bonds. The molecule has 0 spiro atoms. The predicted molar refractivity (Wildman–Crippen MR) is 112 cm³/mol. The summed E-state index contributed by atoms with van der Waals surface area (Å²) in [7, 11) is 12.9. The number of hydrogen-bond donors (Lipinski definition) is 0. The summed E-state index contributed by atoms with van der Waals surface area (Å²) in [5.74, 6) is -0.476. The van der Waals surface area contributed by atoms with Crippen molar-refractivity contribution in [3.63, 3.8) is 0 Å². The average Bonchev–Trinajstić information content (AvgIpc) is 3.27. The van der Waals surface area contributed by atoms with Crippen LogP contribution in [0.3, 0.4) is 0 Å². The molecule has 4 radical (unpaired) electrons. The second kappa shape index (κ2) is 6.84. The first-order valence-electron chi connectivity index (χ1n) is 9.39. The molecule has 1 heterocycles. The van der Waals surface area contributed by atoms with E-state index < -0.39 is 10.6 Å². The van der Waals surface area contributed by atoms with E-state index in [1.807, 2.05) is 25.1 Å². The molecule has 0 aromatic heterocycles. The third-order valence-electron chi connectivity index (χ3n) is 6.05. The van der Waals surface area contributed by atoms with E-state index in [-0.39, 0.29) is 11.7 Å². The van der Waals surface area contributed by atoms with E-state index in [9.17, 15) is 9.18 Å². The van der Waals surface area contributed by atoms with E-state index in [0.29, 0.717) is 43.2 Å². The molecular weight excluding hydrogens is 372 g/mol. The molecule has 2 atom stereocenters. The zero-order valence-electron chi connectivity index (χ0n) is 15.8. The predicted octanol–water partition coefficient (Wildman–Crippen LogP) is 3.23. The van der Waals surface area contributed by atoms with Crippen molar-refractivity contribution in [2.75, 3.05) is 31.1 Å². The lowest BCUT2D eigenvalue weighted by molar-refractivity contribution is -0.132. The number of piperazine rings is 1. The van der Waals surface area contributed by atoms with Crippen LogP contribution in [0.2, 0.25) is 10.3 Å². The molecule has 2 aliphatic rings. The van der Waals surface area contributed by atoms with Gasteiger partial charge in [-0.25, -0.2) is 4.39 Å². The van der Waals surface area contributed by atoms with Gasteiger partial charge in [-0.1, -0.05) is 35.4 Å². The van der Waals surface area contributed by atoms with Crippen LogP contribution in [0.25, 0.3) is 0 Å². The van der Waals surface area contributed by atoms with Gasteiger partial charge in [-0.3, -0.25) is 4.79 Å². The minimum absolute atomic E-state index is 0.137. The fourth-order valence-corrected chi connectivity index (χ4v) is 4.29. The van der Waals surface area contributed by atoms with Crippen molar-refractivity contribution < 1.29 is 9.18 Å². The SMILES string of the molecule is [B][C@@]1(C(=O)N2CCN(c3cc(Cl)ccc3C)CC2)C[C@]1([B])c1ccc(F)cc1. The standard InChI is InChI=1S/C21H20B2ClFN2O/c1-14-2-5-16(24)12-18(14)26-8-10-27(11-9-26)19(28)21(23)13-20(21,22)15-3-6-17(25)7-4-15/h2-7,12H,8-11,13H2,1H3/t20-,21+/m0/s1. The summed E-state index contributed by atoms with van der Waals surface area (Å²) in [5, 5.41) is -1.39. The molecule has 1 saturated carbocycles. The monoisotopic (exact) mass is 392 g/mol. The second-order valence-electron chi connectivity index (χ2n) is 7.84. The van der Waals surface area contributed by atoms with E-state index in [4.69, 9.17) is 27.3 Å². The summed E-state index contributed by atoms with van der Waals surface area (Å²) in [6.45, 7) is 4.61. The van der Waals surface area contributed by atoms with Gasteiger partial charge in [-0.05, 0) is 48.5 Å². The molecule has 7 heteroatoms. The van der Waals surface area contributed by atoms with Crippen LogP contribution in [0.4, 0.5) is 10.1 Å². The molecule has 2 fully saturated rings. The Kier molecular flexibility index (Phi) is 4.73. The Labute approximate surface area is 172 Å². The first-order chi connectivity index (χ1) is 13.2. The highest BCUT2D eigenvalue weighted by atomic mass is 35.5. The van der Waals surface area contributed by atoms with Gasteiger partial charge < -0.3 is 9.80 Å². The number of halogens is 2. The Hall–Kier alpha value is -1.94. The average molecular weight is 392 g/mol. The zero-order chi connectivity index (χ0) is 20.1. The maximum absolute atomic E-state index is 13.2. The number of benzene rings is 2. The highest BCUT2D eigenvalue weighted by Gasteiger charge is 2.65. The Morgan fingerprint density at radius 2 is 1.71 bits per heavy atom. The van der Waals surface area contributed by atoms with Crippen LogP contribution in [0.5, 0.6) is 0 Å². The van der Waals surface area contributed by atoms with E-state index in [1.165, 1.54) is 12.1 Å². The lowest BCUT2D eigenvalue weighted by Crippen LogP contribution is -2.51. The van der Waals surface area contributed by atoms with Crippen LogP contribution in [-0.2, 0) is 10.1 Å². The number of anilines is 1. The Morgan fingerprint density at radius 1 is 1.07 bits per heavy atom. The number of rotatable bonds is 3. The Balaban J connectivity index is 1.44. The lowest BCUT2D eigenvalue weighted by atomic mass is 9.63. The largest absolute Gasteiger partial charge is 0.368 e. The Bertz CT molecular complexity index is 917. The van der Waals surface area contributed by atoms with Gasteiger partial charge in [0, 0.05) is 42.2 Å². The number of nitrogens with zero attached hydrogens (tertiary/aromatic N) is 2. The highest BCUT2D eigenvalue weighted by molar-refractivity contribution is 6.41. The van der Waals surface area contributed by atoms with Crippen molar-refractivity contribution in [3.8, 4) is 0 Å². The molecule has 0 unspecified atom stereocenters. The molecule has 3 nitrogen and oxygen atoms in total. The van der Waals surface area contributed by atoms with Gasteiger partial charge in [0.05, 0.1) is 15.7 Å². The summed E-state index contributed by atoms with van der Waals surface area (Å²) in [5.41, 5.74) is 2.94. The van der Waals surface area contributed by atoms with E-state index >= 15 is 0 Å². The van der Waals surface area contributed by atoms with E-state index in [0.717, 1.165) is 11.3 Å². The minimum atomic E-state index is -1.14. The van der Waals surface area contributed by atoms with Crippen LogP contribution < -0.4 is 4.90 Å². The summed E-state index contributed by atoms with van der Waals surface area (Å²) >= 11 is 6.14. The smallest absolute Gasteiger partial charge is 0.220 e. The van der Waals surface area contributed by atoms with Crippen molar-refractivity contribution in [1.29, 1.82) is 0 Å². The number of hydrogen-bond acceptors (Lipinski definition) is 2. The van der Waals surface area contributed by atoms with Gasteiger partial charge in [0.2, 0.25) is 5.91 Å². The summed E-state index contributed by atoms with van der Waals surface area (Å²) in [4.78, 5) is 17.1. The van der Waals surface area contributed by atoms with Gasteiger partial charge in [-0.2, -0.15) is 0 Å². The normalized spacial score (nSPS) is 27.0. The molecule has 1 saturated heterocycles. The molecule has 2 aromatic rings. The number of carbonyl (C=O) groups excluding carboxylic acids is 1. The van der Waals surface area contributed by atoms with Gasteiger partial charge in [0.1, 0.15) is 5.82 Å². The van der Waals surface area contributed by atoms with Crippen molar-refractivity contribution >= 4 is 38.9 Å². The fourth-order valence-electron chi connectivity index (χ4n) is 4.12. The second-order valence-corrected chi connectivity index (χ2v) is 8.27. The van der Waals surface area contributed by atoms with Crippen molar-refractivity contribution in [2.24, 2.45) is 0 Å². The summed E-state index contributed by atoms with van der Waals surface area (Å²) in [6.07, 6.45) is 0.359. The molecule has 2 aromatic carbocycles. The first-order valence-corrected chi connectivity index (χ1v) is 9.77. The van der Waals surface area contributed by atoms with Crippen molar-refractivity contribution in [1.82, 2.24) is 4.90 Å². The molecule has 28 heavy (non-hydrogen) atoms. The fraction of sp³-hybridized carbons (Fsp3) is 0.381. The highest BCUT2D eigenvalue weighted by Crippen LogP contribution is 2.67. The van der Waals surface area contributed by atoms with Gasteiger partial charge >= 0.3 is 0 Å². The molecule has 4 rings (SSSR count). The van der Waals surface area contributed by atoms with E-state index in [2.05, 4.69) is 4.90 Å². The minimum Gasteiger partial charge on any atom is -0.368 e. The third-order valence-corrected chi connectivity index (χ3v) is 6.28. The Morgan fingerprint density at radius 3 is 2.36 bits per heavy atom. The lowest BCUT2D eigenvalue weighted by Gasteiger charge is -2.39. The third kappa shape index (κ3) is 3.12. The van der Waals surface area contributed by atoms with Gasteiger partial charge in [-0.15, -0.1) is 0 Å². The quantitative estimate of drug-likeness (QED) is 0.749. The summed E-state index contributed by atoms with van der Waals surface area (Å²) in [6, 6.07) is 11.7. The van der Waals surface area contributed by atoms with Crippen LogP contribution in [0.1, 0.15) is 17.5 Å². The molecule has 1 aliphatic heterocycles. The zero-order valence-corrected chi connectivity index (χ0v) is 16.5. The number of amides is 1. The van der Waals surface area contributed by atoms with E-state index in [1.54, 1.807) is 17.0 Å². The van der Waals surface area contributed by atoms with Crippen LogP contribution in [0, 0.1) is 12.7 Å². The van der Waals surface area contributed by atoms with Gasteiger partial charge in [0.25, 0.3) is 0 Å². The first kappa shape index (κ1) is 19.4. The van der Waals surface area contributed by atoms with Crippen LogP contribution >= 0.6 is 11.6 Å². The molecule has 0 N–H and O–H groups in total. The molecule has 0 bridgehead atoms. The van der Waals surface area contributed by atoms with Crippen LogP contribution in [0.15, 0.2) is 42.5 Å². The maximum atomic E-state index is 13.2. The molecule has 1 aliphatic carbocycles. The molecule has 140 valence electrons. The summed E-state index contributed by atoms with van der Waals surface area (Å²) < 4.78 is 13.2.